The Bertz CT molecular complexity index is 870. The third-order valence-electron chi connectivity index (χ3n) is 4.23. The van der Waals surface area contributed by atoms with Crippen LogP contribution >= 0.6 is 0 Å². The fourth-order valence-electron chi connectivity index (χ4n) is 2.86. The molecular weight excluding hydrogens is 364 g/mol. The predicted molar refractivity (Wildman–Crippen MR) is 114 cm³/mol. The molecule has 148 valence electrons. The SMILES string of the molecule is CCOc1ccc(/C=N\OCC(=O)NC(c2ccccc2)c2ccccc2)cc1. The molecule has 0 heterocycles. The van der Waals surface area contributed by atoms with Gasteiger partial charge in [-0.2, -0.15) is 0 Å². The lowest BCUT2D eigenvalue weighted by molar-refractivity contribution is -0.126. The molecule has 0 aromatic heterocycles. The molecule has 3 aromatic carbocycles. The Kier molecular flexibility index (Phi) is 7.41. The molecule has 5 nitrogen and oxygen atoms in total. The van der Waals surface area contributed by atoms with Crippen LogP contribution in [0, 0.1) is 0 Å². The summed E-state index contributed by atoms with van der Waals surface area (Å²) < 4.78 is 5.40. The summed E-state index contributed by atoms with van der Waals surface area (Å²) in [5.74, 6) is 0.560. The van der Waals surface area contributed by atoms with Crippen LogP contribution in [0.3, 0.4) is 0 Å². The Morgan fingerprint density at radius 1 is 0.931 bits per heavy atom. The zero-order chi connectivity index (χ0) is 20.3. The lowest BCUT2D eigenvalue weighted by atomic mass is 9.99. The minimum Gasteiger partial charge on any atom is -0.494 e. The van der Waals surface area contributed by atoms with Crippen molar-refractivity contribution < 1.29 is 14.4 Å². The third kappa shape index (κ3) is 6.21. The van der Waals surface area contributed by atoms with E-state index in [1.165, 1.54) is 0 Å². The highest BCUT2D eigenvalue weighted by molar-refractivity contribution is 5.80. The van der Waals surface area contributed by atoms with E-state index in [4.69, 9.17) is 9.57 Å². The maximum atomic E-state index is 12.4. The van der Waals surface area contributed by atoms with Gasteiger partial charge in [-0.3, -0.25) is 4.79 Å². The summed E-state index contributed by atoms with van der Waals surface area (Å²) in [5, 5.41) is 6.90. The molecule has 0 aliphatic rings. The standard InChI is InChI=1S/C24H24N2O3/c1-2-28-22-15-13-19(14-16-22)17-25-29-18-23(27)26-24(20-9-5-3-6-10-20)21-11-7-4-8-12-21/h3-17,24H,2,18H2,1H3,(H,26,27)/b25-17-. The molecule has 29 heavy (non-hydrogen) atoms. The van der Waals surface area contributed by atoms with Crippen molar-refractivity contribution in [1.29, 1.82) is 0 Å². The number of hydrogen-bond acceptors (Lipinski definition) is 4. The molecule has 0 spiro atoms. The van der Waals surface area contributed by atoms with Gasteiger partial charge >= 0.3 is 0 Å². The first-order chi connectivity index (χ1) is 14.3. The number of oxime groups is 1. The van der Waals surface area contributed by atoms with Gasteiger partial charge < -0.3 is 14.9 Å². The number of ether oxygens (including phenoxy) is 1. The molecule has 1 amide bonds. The minimum absolute atomic E-state index is 0.163. The largest absolute Gasteiger partial charge is 0.494 e. The Hall–Kier alpha value is -3.60. The molecule has 0 fully saturated rings. The average molecular weight is 388 g/mol. The fourth-order valence-corrected chi connectivity index (χ4v) is 2.86. The molecule has 5 heteroatoms. The van der Waals surface area contributed by atoms with Crippen LogP contribution < -0.4 is 10.1 Å². The summed E-state index contributed by atoms with van der Waals surface area (Å²) in [6, 6.07) is 26.9. The molecule has 0 unspecified atom stereocenters. The van der Waals surface area contributed by atoms with Crippen LogP contribution in [0.4, 0.5) is 0 Å². The van der Waals surface area contributed by atoms with E-state index in [9.17, 15) is 4.79 Å². The van der Waals surface area contributed by atoms with E-state index in [0.717, 1.165) is 22.4 Å². The van der Waals surface area contributed by atoms with Crippen LogP contribution in [0.25, 0.3) is 0 Å². The highest BCUT2D eigenvalue weighted by Crippen LogP contribution is 2.21. The van der Waals surface area contributed by atoms with Crippen molar-refractivity contribution in [2.24, 2.45) is 5.16 Å². The van der Waals surface area contributed by atoms with Crippen molar-refractivity contribution >= 4 is 12.1 Å². The summed E-state index contributed by atoms with van der Waals surface area (Å²) in [4.78, 5) is 17.6. The van der Waals surface area contributed by atoms with E-state index in [0.29, 0.717) is 6.61 Å². The molecule has 0 radical (unpaired) electrons. The van der Waals surface area contributed by atoms with Gasteiger partial charge in [-0.1, -0.05) is 65.8 Å². The van der Waals surface area contributed by atoms with Gasteiger partial charge in [0.15, 0.2) is 6.61 Å². The van der Waals surface area contributed by atoms with Crippen molar-refractivity contribution in [1.82, 2.24) is 5.32 Å². The van der Waals surface area contributed by atoms with Crippen LogP contribution in [0.5, 0.6) is 5.75 Å². The van der Waals surface area contributed by atoms with Gasteiger partial charge in [-0.25, -0.2) is 0 Å². The summed E-state index contributed by atoms with van der Waals surface area (Å²) >= 11 is 0. The molecule has 0 aliphatic carbocycles. The zero-order valence-electron chi connectivity index (χ0n) is 16.3. The van der Waals surface area contributed by atoms with E-state index >= 15 is 0 Å². The van der Waals surface area contributed by atoms with Gasteiger partial charge in [0.1, 0.15) is 5.75 Å². The van der Waals surface area contributed by atoms with Gasteiger partial charge in [-0.15, -0.1) is 0 Å². The number of nitrogens with one attached hydrogen (secondary N) is 1. The van der Waals surface area contributed by atoms with Crippen molar-refractivity contribution in [3.8, 4) is 5.75 Å². The monoisotopic (exact) mass is 388 g/mol. The van der Waals surface area contributed by atoms with Gasteiger partial charge in [0, 0.05) is 0 Å². The van der Waals surface area contributed by atoms with E-state index in [1.54, 1.807) is 6.21 Å². The van der Waals surface area contributed by atoms with E-state index in [2.05, 4.69) is 10.5 Å². The number of carbonyl (C=O) groups is 1. The molecule has 3 rings (SSSR count). The van der Waals surface area contributed by atoms with Crippen LogP contribution in [-0.2, 0) is 9.63 Å². The molecule has 0 saturated carbocycles. The molecule has 0 aliphatic heterocycles. The second kappa shape index (κ2) is 10.7. The second-order valence-electron chi connectivity index (χ2n) is 6.33. The Labute approximate surface area is 171 Å². The summed E-state index contributed by atoms with van der Waals surface area (Å²) in [5.41, 5.74) is 2.87. The lowest BCUT2D eigenvalue weighted by Crippen LogP contribution is -2.31. The second-order valence-corrected chi connectivity index (χ2v) is 6.33. The molecule has 1 N–H and O–H groups in total. The maximum Gasteiger partial charge on any atom is 0.261 e. The normalized spacial score (nSPS) is 10.8. The smallest absolute Gasteiger partial charge is 0.261 e. The van der Waals surface area contributed by atoms with Crippen molar-refractivity contribution in [2.75, 3.05) is 13.2 Å². The number of rotatable bonds is 9. The fraction of sp³-hybridized carbons (Fsp3) is 0.167. The quantitative estimate of drug-likeness (QED) is 0.438. The van der Waals surface area contributed by atoms with Gasteiger partial charge in [0.05, 0.1) is 18.9 Å². The number of hydrogen-bond donors (Lipinski definition) is 1. The van der Waals surface area contributed by atoms with Crippen molar-refractivity contribution in [3.63, 3.8) is 0 Å². The number of nitrogens with zero attached hydrogens (tertiary/aromatic N) is 1. The highest BCUT2D eigenvalue weighted by Gasteiger charge is 2.16. The first-order valence-corrected chi connectivity index (χ1v) is 9.53. The predicted octanol–water partition coefficient (Wildman–Crippen LogP) is 4.34. The zero-order valence-corrected chi connectivity index (χ0v) is 16.3. The molecule has 0 atom stereocenters. The first kappa shape index (κ1) is 20.1. The first-order valence-electron chi connectivity index (χ1n) is 9.53. The van der Waals surface area contributed by atoms with E-state index in [-0.39, 0.29) is 18.6 Å². The van der Waals surface area contributed by atoms with Gasteiger partial charge in [-0.05, 0) is 47.9 Å². The Morgan fingerprint density at radius 2 is 1.52 bits per heavy atom. The van der Waals surface area contributed by atoms with Crippen LogP contribution in [0.15, 0.2) is 90.1 Å². The molecule has 3 aromatic rings. The van der Waals surface area contributed by atoms with Crippen molar-refractivity contribution in [3.05, 3.63) is 102 Å². The highest BCUT2D eigenvalue weighted by atomic mass is 16.6. The Morgan fingerprint density at radius 3 is 2.07 bits per heavy atom. The molecule has 0 bridgehead atoms. The third-order valence-corrected chi connectivity index (χ3v) is 4.23. The van der Waals surface area contributed by atoms with Crippen LogP contribution in [0.1, 0.15) is 29.7 Å². The maximum absolute atomic E-state index is 12.4. The summed E-state index contributed by atoms with van der Waals surface area (Å²) in [6.07, 6.45) is 1.56. The van der Waals surface area contributed by atoms with E-state index in [1.807, 2.05) is 91.9 Å². The molecule has 0 saturated heterocycles. The molecular formula is C24H24N2O3. The Balaban J connectivity index is 1.56. The van der Waals surface area contributed by atoms with Gasteiger partial charge in [0.2, 0.25) is 0 Å². The van der Waals surface area contributed by atoms with E-state index < -0.39 is 0 Å². The number of amides is 1. The van der Waals surface area contributed by atoms with Crippen LogP contribution in [0.2, 0.25) is 0 Å². The average Bonchev–Trinajstić information content (AvgIpc) is 2.77. The lowest BCUT2D eigenvalue weighted by Gasteiger charge is -2.19. The topological polar surface area (TPSA) is 59.9 Å². The summed E-state index contributed by atoms with van der Waals surface area (Å²) in [6.45, 7) is 2.40. The summed E-state index contributed by atoms with van der Waals surface area (Å²) in [7, 11) is 0. The minimum atomic E-state index is -0.247. The van der Waals surface area contributed by atoms with Gasteiger partial charge in [0.25, 0.3) is 5.91 Å². The van der Waals surface area contributed by atoms with Crippen molar-refractivity contribution in [2.45, 2.75) is 13.0 Å². The number of benzene rings is 3. The van der Waals surface area contributed by atoms with Crippen LogP contribution in [-0.4, -0.2) is 25.3 Å². The number of carbonyl (C=O) groups excluding carboxylic acids is 1.